The summed E-state index contributed by atoms with van der Waals surface area (Å²) in [5.41, 5.74) is 6.67. The van der Waals surface area contributed by atoms with Gasteiger partial charge in [0.25, 0.3) is 0 Å². The second-order valence-electron chi connectivity index (χ2n) is 8.02. The normalized spacial score (nSPS) is 18.9. The third-order valence-corrected chi connectivity index (χ3v) is 5.91. The Morgan fingerprint density at radius 1 is 1.00 bits per heavy atom. The minimum Gasteiger partial charge on any atom is -0.390 e. The molecule has 1 saturated carbocycles. The van der Waals surface area contributed by atoms with E-state index in [2.05, 4.69) is 5.32 Å². The molecule has 0 spiro atoms. The number of alkyl halides is 3. The van der Waals surface area contributed by atoms with Crippen molar-refractivity contribution in [2.75, 3.05) is 6.54 Å². The molecule has 1 aliphatic carbocycles. The molecule has 3 nitrogen and oxygen atoms in total. The zero-order chi connectivity index (χ0) is 20.9. The van der Waals surface area contributed by atoms with Crippen LogP contribution in [0.3, 0.4) is 0 Å². The van der Waals surface area contributed by atoms with E-state index >= 15 is 0 Å². The van der Waals surface area contributed by atoms with Crippen LogP contribution in [-0.4, -0.2) is 23.8 Å². The summed E-state index contributed by atoms with van der Waals surface area (Å²) < 4.78 is 39.6. The summed E-state index contributed by atoms with van der Waals surface area (Å²) in [6, 6.07) is 14.8. The number of nitrogens with one attached hydrogen (secondary N) is 1. The van der Waals surface area contributed by atoms with E-state index in [-0.39, 0.29) is 6.54 Å². The fourth-order valence-corrected chi connectivity index (χ4v) is 4.19. The molecule has 0 amide bonds. The summed E-state index contributed by atoms with van der Waals surface area (Å²) >= 11 is 0. The van der Waals surface area contributed by atoms with E-state index in [0.717, 1.165) is 43.7 Å². The lowest BCUT2D eigenvalue weighted by Gasteiger charge is -2.40. The van der Waals surface area contributed by atoms with E-state index in [1.807, 2.05) is 30.3 Å². The van der Waals surface area contributed by atoms with Gasteiger partial charge >= 0.3 is 6.18 Å². The van der Waals surface area contributed by atoms with Crippen molar-refractivity contribution in [2.24, 2.45) is 5.73 Å². The highest BCUT2D eigenvalue weighted by Crippen LogP contribution is 2.39. The van der Waals surface area contributed by atoms with Gasteiger partial charge < -0.3 is 16.2 Å². The van der Waals surface area contributed by atoms with Crippen LogP contribution in [0.1, 0.15) is 48.8 Å². The Kier molecular flexibility index (Phi) is 6.98. The first-order chi connectivity index (χ1) is 13.8. The number of benzene rings is 2. The van der Waals surface area contributed by atoms with Crippen molar-refractivity contribution in [1.29, 1.82) is 0 Å². The molecule has 4 N–H and O–H groups in total. The Hall–Kier alpha value is -1.89. The number of rotatable bonds is 7. The van der Waals surface area contributed by atoms with Gasteiger partial charge in [-0.1, -0.05) is 61.7 Å². The molecular weight excluding hydrogens is 377 g/mol. The maximum absolute atomic E-state index is 13.2. The number of nitrogens with two attached hydrogens (primary N) is 1. The van der Waals surface area contributed by atoms with Crippen molar-refractivity contribution in [3.63, 3.8) is 0 Å². The second-order valence-corrected chi connectivity index (χ2v) is 8.02. The fraction of sp³-hybridized carbons (Fsp3) is 0.478. The highest BCUT2D eigenvalue weighted by molar-refractivity contribution is 5.32. The summed E-state index contributed by atoms with van der Waals surface area (Å²) in [5.74, 6) is 0. The van der Waals surface area contributed by atoms with Gasteiger partial charge in [-0.25, -0.2) is 0 Å². The summed E-state index contributed by atoms with van der Waals surface area (Å²) in [6.45, 7) is 0.240. The SMILES string of the molecule is N[C@@H](Cc1ccccc1)[C@H](O)CNC1(c2cccc(C(F)(F)F)c2)CCCCC1. The van der Waals surface area contributed by atoms with Crippen molar-refractivity contribution in [1.82, 2.24) is 5.32 Å². The number of aliphatic hydroxyl groups excluding tert-OH is 1. The molecule has 158 valence electrons. The highest BCUT2D eigenvalue weighted by Gasteiger charge is 2.37. The predicted octanol–water partition coefficient (Wildman–Crippen LogP) is 4.39. The van der Waals surface area contributed by atoms with Crippen LogP contribution in [0.4, 0.5) is 13.2 Å². The van der Waals surface area contributed by atoms with E-state index in [9.17, 15) is 18.3 Å². The zero-order valence-corrected chi connectivity index (χ0v) is 16.5. The summed E-state index contributed by atoms with van der Waals surface area (Å²) in [5, 5.41) is 14.0. The van der Waals surface area contributed by atoms with E-state index in [1.54, 1.807) is 6.07 Å². The summed E-state index contributed by atoms with van der Waals surface area (Å²) in [6.07, 6.45) is -0.184. The zero-order valence-electron chi connectivity index (χ0n) is 16.5. The Labute approximate surface area is 170 Å². The van der Waals surface area contributed by atoms with Crippen LogP contribution in [-0.2, 0) is 18.1 Å². The molecule has 6 heteroatoms. The van der Waals surface area contributed by atoms with Crippen molar-refractivity contribution < 1.29 is 18.3 Å². The molecule has 0 aliphatic heterocycles. The van der Waals surface area contributed by atoms with Crippen LogP contribution in [0.25, 0.3) is 0 Å². The summed E-state index contributed by atoms with van der Waals surface area (Å²) in [4.78, 5) is 0. The van der Waals surface area contributed by atoms with E-state index < -0.39 is 29.4 Å². The molecule has 0 heterocycles. The molecule has 0 bridgehead atoms. The minimum absolute atomic E-state index is 0.240. The monoisotopic (exact) mass is 406 g/mol. The Bertz CT molecular complexity index is 773. The Morgan fingerprint density at radius 3 is 2.34 bits per heavy atom. The van der Waals surface area contributed by atoms with E-state index in [4.69, 9.17) is 5.73 Å². The molecule has 0 unspecified atom stereocenters. The first-order valence-electron chi connectivity index (χ1n) is 10.2. The first-order valence-corrected chi connectivity index (χ1v) is 10.2. The lowest BCUT2D eigenvalue weighted by atomic mass is 9.76. The third kappa shape index (κ3) is 5.59. The van der Waals surface area contributed by atoms with Crippen molar-refractivity contribution in [2.45, 2.75) is 62.4 Å². The van der Waals surface area contributed by atoms with Crippen LogP contribution < -0.4 is 11.1 Å². The van der Waals surface area contributed by atoms with Crippen molar-refractivity contribution in [3.05, 3.63) is 71.3 Å². The molecular formula is C23H29F3N2O. The van der Waals surface area contributed by atoms with Crippen LogP contribution in [0, 0.1) is 0 Å². The van der Waals surface area contributed by atoms with Gasteiger partial charge in [0.05, 0.1) is 11.7 Å². The van der Waals surface area contributed by atoms with Gasteiger partial charge in [0, 0.05) is 18.1 Å². The van der Waals surface area contributed by atoms with E-state index in [0.29, 0.717) is 12.0 Å². The molecule has 2 aromatic carbocycles. The van der Waals surface area contributed by atoms with Gasteiger partial charge in [-0.15, -0.1) is 0 Å². The van der Waals surface area contributed by atoms with Crippen molar-refractivity contribution in [3.8, 4) is 0 Å². The minimum atomic E-state index is -4.37. The molecule has 0 saturated heterocycles. The first kappa shape index (κ1) is 21.8. The molecule has 1 aliphatic rings. The van der Waals surface area contributed by atoms with Crippen LogP contribution in [0.5, 0.6) is 0 Å². The van der Waals surface area contributed by atoms with Gasteiger partial charge in [0.2, 0.25) is 0 Å². The van der Waals surface area contributed by atoms with Gasteiger partial charge in [-0.3, -0.25) is 0 Å². The number of hydrogen-bond acceptors (Lipinski definition) is 3. The fourth-order valence-electron chi connectivity index (χ4n) is 4.19. The average molecular weight is 406 g/mol. The van der Waals surface area contributed by atoms with Crippen LogP contribution >= 0.6 is 0 Å². The quantitative estimate of drug-likeness (QED) is 0.639. The van der Waals surface area contributed by atoms with Gasteiger partial charge in [-0.05, 0) is 42.5 Å². The van der Waals surface area contributed by atoms with Crippen molar-refractivity contribution >= 4 is 0 Å². The highest BCUT2D eigenvalue weighted by atomic mass is 19.4. The third-order valence-electron chi connectivity index (χ3n) is 5.91. The Morgan fingerprint density at radius 2 is 1.69 bits per heavy atom. The second kappa shape index (κ2) is 9.28. The molecule has 0 radical (unpaired) electrons. The number of halogens is 3. The topological polar surface area (TPSA) is 58.3 Å². The van der Waals surface area contributed by atoms with Gasteiger partial charge in [0.15, 0.2) is 0 Å². The lowest BCUT2D eigenvalue weighted by Crippen LogP contribution is -2.51. The molecule has 2 atom stereocenters. The average Bonchev–Trinajstić information content (AvgIpc) is 2.73. The van der Waals surface area contributed by atoms with E-state index in [1.165, 1.54) is 12.1 Å². The predicted molar refractivity (Wildman–Crippen MR) is 108 cm³/mol. The molecule has 29 heavy (non-hydrogen) atoms. The number of aliphatic hydroxyl groups is 1. The molecule has 0 aromatic heterocycles. The maximum atomic E-state index is 13.2. The lowest BCUT2D eigenvalue weighted by molar-refractivity contribution is -0.137. The molecule has 2 aromatic rings. The largest absolute Gasteiger partial charge is 0.416 e. The maximum Gasteiger partial charge on any atom is 0.416 e. The van der Waals surface area contributed by atoms with Gasteiger partial charge in [0.1, 0.15) is 0 Å². The smallest absolute Gasteiger partial charge is 0.390 e. The summed E-state index contributed by atoms with van der Waals surface area (Å²) in [7, 11) is 0. The van der Waals surface area contributed by atoms with Gasteiger partial charge in [-0.2, -0.15) is 13.2 Å². The molecule has 3 rings (SSSR count). The number of hydrogen-bond donors (Lipinski definition) is 3. The van der Waals surface area contributed by atoms with Crippen LogP contribution in [0.15, 0.2) is 54.6 Å². The standard InChI is InChI=1S/C23H29F3N2O/c24-23(25,26)19-11-7-10-18(15-19)22(12-5-2-6-13-22)28-16-21(29)20(27)14-17-8-3-1-4-9-17/h1,3-4,7-11,15,20-21,28-29H,2,5-6,12-14,16,27H2/t20-,21+/m0/s1. The Balaban J connectivity index is 1.72. The molecule has 1 fully saturated rings. The van der Waals surface area contributed by atoms with Crippen LogP contribution in [0.2, 0.25) is 0 Å².